The highest BCUT2D eigenvalue weighted by molar-refractivity contribution is 5.96. The van der Waals surface area contributed by atoms with Gasteiger partial charge in [0, 0.05) is 23.5 Å². The summed E-state index contributed by atoms with van der Waals surface area (Å²) in [5.74, 6) is 0.908. The van der Waals surface area contributed by atoms with Crippen molar-refractivity contribution in [3.8, 4) is 0 Å². The molecule has 5 heterocycles. The molecule has 0 spiro atoms. The first-order valence-corrected chi connectivity index (χ1v) is 8.52. The number of nitrogens with one attached hydrogen (secondary N) is 1. The Hall–Kier alpha value is -1.88. The van der Waals surface area contributed by atoms with Crippen LogP contribution in [-0.2, 0) is 0 Å². The molecule has 5 nitrogen and oxygen atoms in total. The Kier molecular flexibility index (Phi) is 3.60. The number of carbonyl (C=O) groups excluding carboxylic acids is 1. The predicted molar refractivity (Wildman–Crippen MR) is 88.5 cm³/mol. The maximum Gasteiger partial charge on any atom is 0.270 e. The number of pyridine rings is 1. The lowest BCUT2D eigenvalue weighted by atomic mass is 9.84. The molecule has 3 saturated heterocycles. The van der Waals surface area contributed by atoms with Crippen molar-refractivity contribution in [2.75, 3.05) is 19.6 Å². The summed E-state index contributed by atoms with van der Waals surface area (Å²) in [5, 5.41) is 4.19. The topological polar surface area (TPSA) is 58.4 Å². The smallest absolute Gasteiger partial charge is 0.270 e. The molecule has 2 aromatic rings. The van der Waals surface area contributed by atoms with E-state index in [1.54, 1.807) is 12.5 Å². The summed E-state index contributed by atoms with van der Waals surface area (Å²) in [6, 6.07) is 2.13. The van der Waals surface area contributed by atoms with Crippen LogP contribution in [0.5, 0.6) is 0 Å². The van der Waals surface area contributed by atoms with E-state index < -0.39 is 0 Å². The average molecular weight is 313 g/mol. The third-order valence-electron chi connectivity index (χ3n) is 5.32. The summed E-state index contributed by atoms with van der Waals surface area (Å²) in [6.45, 7) is 7.57. The lowest BCUT2D eigenvalue weighted by Gasteiger charge is -2.44. The molecular formula is C18H23N3O2. The van der Waals surface area contributed by atoms with E-state index in [1.165, 1.54) is 25.9 Å². The fourth-order valence-corrected chi connectivity index (χ4v) is 3.89. The van der Waals surface area contributed by atoms with Crippen molar-refractivity contribution in [2.24, 2.45) is 5.92 Å². The lowest BCUT2D eigenvalue weighted by Crippen LogP contribution is -2.57. The molecule has 0 radical (unpaired) electrons. The Bertz CT molecular complexity index is 729. The Morgan fingerprint density at radius 3 is 2.83 bits per heavy atom. The fraction of sp³-hybridized carbons (Fsp3) is 0.556. The number of hydrogen-bond donors (Lipinski definition) is 1. The molecule has 2 bridgehead atoms. The quantitative estimate of drug-likeness (QED) is 0.946. The zero-order chi connectivity index (χ0) is 16.0. The van der Waals surface area contributed by atoms with Gasteiger partial charge >= 0.3 is 0 Å². The minimum Gasteiger partial charge on any atom is -0.462 e. The van der Waals surface area contributed by atoms with Crippen LogP contribution in [0.2, 0.25) is 0 Å². The second-order valence-corrected chi connectivity index (χ2v) is 7.13. The van der Waals surface area contributed by atoms with Gasteiger partial charge in [0.2, 0.25) is 0 Å². The summed E-state index contributed by atoms with van der Waals surface area (Å²) in [4.78, 5) is 19.3. The van der Waals surface area contributed by atoms with Crippen molar-refractivity contribution in [1.29, 1.82) is 0 Å². The number of furan rings is 1. The molecule has 23 heavy (non-hydrogen) atoms. The number of amides is 1. The van der Waals surface area contributed by atoms with Gasteiger partial charge in [-0.2, -0.15) is 0 Å². The molecule has 0 aromatic carbocycles. The Balaban J connectivity index is 1.56. The average Bonchev–Trinajstić information content (AvgIpc) is 2.99. The van der Waals surface area contributed by atoms with Crippen molar-refractivity contribution in [1.82, 2.24) is 15.2 Å². The van der Waals surface area contributed by atoms with Gasteiger partial charge in [0.05, 0.1) is 12.5 Å². The molecule has 0 aliphatic carbocycles. The van der Waals surface area contributed by atoms with E-state index in [0.717, 1.165) is 23.1 Å². The van der Waals surface area contributed by atoms with E-state index in [2.05, 4.69) is 29.0 Å². The third-order valence-corrected chi connectivity index (χ3v) is 5.32. The van der Waals surface area contributed by atoms with Gasteiger partial charge in [-0.15, -0.1) is 0 Å². The standard InChI is InChI=1S/C18H23N3O2/c1-11(2)14-10-23-17-8-19-15(7-13(14)17)18(22)20-16-9-21-5-3-12(16)4-6-21/h7-8,10-12,16H,3-6,9H2,1-2H3,(H,20,22)/t16-/m1/s1. The molecule has 3 fully saturated rings. The van der Waals surface area contributed by atoms with Gasteiger partial charge in [0.25, 0.3) is 5.91 Å². The van der Waals surface area contributed by atoms with Gasteiger partial charge in [0.1, 0.15) is 5.69 Å². The number of carbonyl (C=O) groups is 1. The molecule has 0 saturated carbocycles. The van der Waals surface area contributed by atoms with Gasteiger partial charge in [-0.25, -0.2) is 4.98 Å². The minimum atomic E-state index is -0.0680. The molecule has 0 unspecified atom stereocenters. The van der Waals surface area contributed by atoms with Crippen LogP contribution in [0.25, 0.3) is 11.0 Å². The van der Waals surface area contributed by atoms with E-state index in [4.69, 9.17) is 4.42 Å². The molecule has 3 aliphatic heterocycles. The minimum absolute atomic E-state index is 0.0680. The van der Waals surface area contributed by atoms with Crippen molar-refractivity contribution >= 4 is 16.9 Å². The molecule has 5 rings (SSSR count). The highest BCUT2D eigenvalue weighted by Gasteiger charge is 2.35. The van der Waals surface area contributed by atoms with E-state index in [-0.39, 0.29) is 11.9 Å². The normalized spacial score (nSPS) is 26.8. The Morgan fingerprint density at radius 1 is 1.39 bits per heavy atom. The first kappa shape index (κ1) is 14.7. The first-order valence-electron chi connectivity index (χ1n) is 8.52. The van der Waals surface area contributed by atoms with Crippen LogP contribution in [0.15, 0.2) is 22.9 Å². The second-order valence-electron chi connectivity index (χ2n) is 7.13. The van der Waals surface area contributed by atoms with E-state index in [9.17, 15) is 4.79 Å². The Morgan fingerprint density at radius 2 is 2.17 bits per heavy atom. The zero-order valence-corrected chi connectivity index (χ0v) is 13.7. The van der Waals surface area contributed by atoms with Crippen LogP contribution in [0.4, 0.5) is 0 Å². The lowest BCUT2D eigenvalue weighted by molar-refractivity contribution is 0.0618. The zero-order valence-electron chi connectivity index (χ0n) is 13.7. The highest BCUT2D eigenvalue weighted by Crippen LogP contribution is 2.29. The molecule has 3 aliphatic rings. The molecule has 2 aromatic heterocycles. The number of nitrogens with zero attached hydrogens (tertiary/aromatic N) is 2. The van der Waals surface area contributed by atoms with Crippen molar-refractivity contribution in [2.45, 2.75) is 38.6 Å². The van der Waals surface area contributed by atoms with Crippen LogP contribution in [-0.4, -0.2) is 41.5 Å². The summed E-state index contributed by atoms with van der Waals surface area (Å²) < 4.78 is 5.53. The number of hydrogen-bond acceptors (Lipinski definition) is 4. The molecule has 1 N–H and O–H groups in total. The van der Waals surface area contributed by atoms with E-state index in [0.29, 0.717) is 17.5 Å². The van der Waals surface area contributed by atoms with Crippen molar-refractivity contribution in [3.05, 3.63) is 29.8 Å². The number of piperidine rings is 3. The van der Waals surface area contributed by atoms with E-state index in [1.807, 2.05) is 6.07 Å². The molecular weight excluding hydrogens is 290 g/mol. The largest absolute Gasteiger partial charge is 0.462 e. The predicted octanol–water partition coefficient (Wildman–Crippen LogP) is 2.78. The molecule has 122 valence electrons. The van der Waals surface area contributed by atoms with Gasteiger partial charge in [-0.05, 0) is 43.8 Å². The van der Waals surface area contributed by atoms with Gasteiger partial charge in [-0.1, -0.05) is 13.8 Å². The molecule has 1 atom stereocenters. The monoisotopic (exact) mass is 313 g/mol. The van der Waals surface area contributed by atoms with Crippen LogP contribution in [0.1, 0.15) is 48.7 Å². The Labute approximate surface area is 136 Å². The van der Waals surface area contributed by atoms with E-state index >= 15 is 0 Å². The number of rotatable bonds is 3. The van der Waals surface area contributed by atoms with Crippen LogP contribution in [0, 0.1) is 5.92 Å². The maximum absolute atomic E-state index is 12.6. The number of aromatic nitrogens is 1. The van der Waals surface area contributed by atoms with Crippen LogP contribution < -0.4 is 5.32 Å². The summed E-state index contributed by atoms with van der Waals surface area (Å²) >= 11 is 0. The first-order chi connectivity index (χ1) is 11.1. The van der Waals surface area contributed by atoms with Gasteiger partial charge < -0.3 is 14.6 Å². The van der Waals surface area contributed by atoms with Crippen LogP contribution in [0.3, 0.4) is 0 Å². The van der Waals surface area contributed by atoms with Crippen LogP contribution >= 0.6 is 0 Å². The molecule has 5 heteroatoms. The fourth-order valence-electron chi connectivity index (χ4n) is 3.89. The van der Waals surface area contributed by atoms with Gasteiger partial charge in [0.15, 0.2) is 5.58 Å². The van der Waals surface area contributed by atoms with Gasteiger partial charge in [-0.3, -0.25) is 4.79 Å². The van der Waals surface area contributed by atoms with Crippen molar-refractivity contribution in [3.63, 3.8) is 0 Å². The molecule has 1 amide bonds. The second kappa shape index (κ2) is 5.64. The maximum atomic E-state index is 12.6. The number of fused-ring (bicyclic) bond motifs is 4. The highest BCUT2D eigenvalue weighted by atomic mass is 16.3. The summed E-state index contributed by atoms with van der Waals surface area (Å²) in [6.07, 6.45) is 5.81. The third kappa shape index (κ3) is 2.63. The van der Waals surface area contributed by atoms with Crippen molar-refractivity contribution < 1.29 is 9.21 Å². The summed E-state index contributed by atoms with van der Waals surface area (Å²) in [7, 11) is 0. The SMILES string of the molecule is CC(C)c1coc2cnc(C(=O)N[C@@H]3CN4CCC3CC4)cc12. The summed E-state index contributed by atoms with van der Waals surface area (Å²) in [5.41, 5.74) is 2.35.